The third-order valence-electron chi connectivity index (χ3n) is 3.42. The maximum Gasteiger partial charge on any atom is 0.407 e. The molecule has 1 unspecified atom stereocenters. The van der Waals surface area contributed by atoms with E-state index in [9.17, 15) is 9.59 Å². The summed E-state index contributed by atoms with van der Waals surface area (Å²) in [6.07, 6.45) is 2.00. The molecule has 134 valence electrons. The lowest BCUT2D eigenvalue weighted by Crippen LogP contribution is -2.38. The molecule has 1 rings (SSSR count). The molecule has 1 aromatic rings. The average molecular weight is 334 g/mol. The van der Waals surface area contributed by atoms with Gasteiger partial charge in [0.05, 0.1) is 0 Å². The van der Waals surface area contributed by atoms with Crippen LogP contribution in [-0.4, -0.2) is 30.7 Å². The SMILES string of the molecule is CC(CCc1ccccc1)CC(=O)NCCNC(=O)OC(C)(C)C. The molecular weight excluding hydrogens is 304 g/mol. The van der Waals surface area contributed by atoms with Gasteiger partial charge in [0.2, 0.25) is 5.91 Å². The van der Waals surface area contributed by atoms with E-state index in [2.05, 4.69) is 29.7 Å². The highest BCUT2D eigenvalue weighted by Crippen LogP contribution is 2.12. The Labute approximate surface area is 145 Å². The number of nitrogens with one attached hydrogen (secondary N) is 2. The van der Waals surface area contributed by atoms with Crippen molar-refractivity contribution >= 4 is 12.0 Å². The van der Waals surface area contributed by atoms with Crippen LogP contribution in [0.3, 0.4) is 0 Å². The highest BCUT2D eigenvalue weighted by Gasteiger charge is 2.15. The zero-order valence-electron chi connectivity index (χ0n) is 15.2. The lowest BCUT2D eigenvalue weighted by Gasteiger charge is -2.19. The van der Waals surface area contributed by atoms with Crippen molar-refractivity contribution in [3.05, 3.63) is 35.9 Å². The van der Waals surface area contributed by atoms with E-state index in [-0.39, 0.29) is 5.91 Å². The minimum Gasteiger partial charge on any atom is -0.444 e. The predicted octanol–water partition coefficient (Wildman–Crippen LogP) is 3.29. The molecule has 0 saturated carbocycles. The number of carbonyl (C=O) groups excluding carboxylic acids is 2. The van der Waals surface area contributed by atoms with Gasteiger partial charge < -0.3 is 15.4 Å². The number of benzene rings is 1. The Kier molecular flexibility index (Phi) is 8.30. The van der Waals surface area contributed by atoms with Crippen molar-refractivity contribution in [1.29, 1.82) is 0 Å². The lowest BCUT2D eigenvalue weighted by atomic mass is 9.98. The molecule has 0 saturated heterocycles. The number of carbonyl (C=O) groups is 2. The minimum atomic E-state index is -0.512. The molecule has 5 nitrogen and oxygen atoms in total. The molecule has 5 heteroatoms. The molecule has 1 atom stereocenters. The van der Waals surface area contributed by atoms with E-state index in [1.807, 2.05) is 39.0 Å². The number of rotatable bonds is 8. The second-order valence-electron chi connectivity index (χ2n) is 7.11. The second kappa shape index (κ2) is 9.96. The fourth-order valence-corrected chi connectivity index (χ4v) is 2.23. The maximum absolute atomic E-state index is 11.9. The maximum atomic E-state index is 11.9. The summed E-state index contributed by atoms with van der Waals surface area (Å²) >= 11 is 0. The smallest absolute Gasteiger partial charge is 0.407 e. The Morgan fingerprint density at radius 3 is 2.33 bits per heavy atom. The highest BCUT2D eigenvalue weighted by atomic mass is 16.6. The summed E-state index contributed by atoms with van der Waals surface area (Å²) in [6.45, 7) is 8.28. The molecule has 0 aliphatic carbocycles. The number of alkyl carbamates (subject to hydrolysis) is 1. The summed E-state index contributed by atoms with van der Waals surface area (Å²) in [6, 6.07) is 10.3. The summed E-state index contributed by atoms with van der Waals surface area (Å²) in [5.41, 5.74) is 0.785. The van der Waals surface area contributed by atoms with Crippen molar-refractivity contribution in [2.24, 2.45) is 5.92 Å². The standard InChI is InChI=1S/C19H30N2O3/c1-15(10-11-16-8-6-5-7-9-16)14-17(22)20-12-13-21-18(23)24-19(2,3)4/h5-9,15H,10-14H2,1-4H3,(H,20,22)(H,21,23). The quantitative estimate of drug-likeness (QED) is 0.717. The van der Waals surface area contributed by atoms with Crippen LogP contribution >= 0.6 is 0 Å². The van der Waals surface area contributed by atoms with Gasteiger partial charge in [-0.05, 0) is 45.1 Å². The van der Waals surface area contributed by atoms with Crippen LogP contribution in [0.4, 0.5) is 4.79 Å². The molecule has 24 heavy (non-hydrogen) atoms. The minimum absolute atomic E-state index is 0.0153. The lowest BCUT2D eigenvalue weighted by molar-refractivity contribution is -0.121. The molecule has 0 aliphatic heterocycles. The fraction of sp³-hybridized carbons (Fsp3) is 0.579. The van der Waals surface area contributed by atoms with Crippen LogP contribution in [0.15, 0.2) is 30.3 Å². The largest absolute Gasteiger partial charge is 0.444 e. The summed E-state index contributed by atoms with van der Waals surface area (Å²) in [4.78, 5) is 23.3. The topological polar surface area (TPSA) is 67.4 Å². The van der Waals surface area contributed by atoms with Crippen LogP contribution in [0.2, 0.25) is 0 Å². The number of aryl methyl sites for hydroxylation is 1. The van der Waals surface area contributed by atoms with Gasteiger partial charge in [-0.15, -0.1) is 0 Å². The van der Waals surface area contributed by atoms with E-state index in [4.69, 9.17) is 4.74 Å². The molecule has 0 heterocycles. The van der Waals surface area contributed by atoms with Crippen molar-refractivity contribution in [2.75, 3.05) is 13.1 Å². The summed E-state index contributed by atoms with van der Waals surface area (Å²) in [5, 5.41) is 5.44. The van der Waals surface area contributed by atoms with E-state index in [0.717, 1.165) is 12.8 Å². The third-order valence-corrected chi connectivity index (χ3v) is 3.42. The Balaban J connectivity index is 2.12. The predicted molar refractivity (Wildman–Crippen MR) is 95.8 cm³/mol. The monoisotopic (exact) mass is 334 g/mol. The molecule has 2 N–H and O–H groups in total. The van der Waals surface area contributed by atoms with E-state index in [0.29, 0.717) is 25.4 Å². The van der Waals surface area contributed by atoms with E-state index < -0.39 is 11.7 Å². The fourth-order valence-electron chi connectivity index (χ4n) is 2.23. The Hall–Kier alpha value is -2.04. The molecule has 0 bridgehead atoms. The van der Waals surface area contributed by atoms with Gasteiger partial charge in [0.15, 0.2) is 0 Å². The molecule has 1 aromatic carbocycles. The summed E-state index contributed by atoms with van der Waals surface area (Å²) in [5.74, 6) is 0.338. The van der Waals surface area contributed by atoms with Gasteiger partial charge in [-0.3, -0.25) is 4.79 Å². The van der Waals surface area contributed by atoms with E-state index >= 15 is 0 Å². The van der Waals surface area contributed by atoms with E-state index in [1.54, 1.807) is 0 Å². The molecule has 0 aliphatic rings. The number of ether oxygens (including phenoxy) is 1. The second-order valence-corrected chi connectivity index (χ2v) is 7.11. The van der Waals surface area contributed by atoms with Crippen molar-refractivity contribution in [3.63, 3.8) is 0 Å². The molecule has 0 spiro atoms. The highest BCUT2D eigenvalue weighted by molar-refractivity contribution is 5.76. The molecule has 0 aromatic heterocycles. The normalized spacial score (nSPS) is 12.3. The molecular formula is C19H30N2O3. The van der Waals surface area contributed by atoms with Gasteiger partial charge >= 0.3 is 6.09 Å². The third kappa shape index (κ3) is 9.87. The van der Waals surface area contributed by atoms with Crippen LogP contribution in [0, 0.1) is 5.92 Å². The zero-order chi connectivity index (χ0) is 18.0. The van der Waals surface area contributed by atoms with Gasteiger partial charge in [-0.1, -0.05) is 37.3 Å². The van der Waals surface area contributed by atoms with Crippen LogP contribution in [-0.2, 0) is 16.0 Å². The van der Waals surface area contributed by atoms with Gasteiger partial charge in [0.25, 0.3) is 0 Å². The first-order valence-electron chi connectivity index (χ1n) is 8.54. The van der Waals surface area contributed by atoms with Crippen LogP contribution in [0.5, 0.6) is 0 Å². The van der Waals surface area contributed by atoms with Gasteiger partial charge in [0.1, 0.15) is 5.60 Å². The Bertz CT molecular complexity index is 509. The van der Waals surface area contributed by atoms with Crippen LogP contribution in [0.25, 0.3) is 0 Å². The average Bonchev–Trinajstić information content (AvgIpc) is 2.49. The van der Waals surface area contributed by atoms with Gasteiger partial charge in [-0.2, -0.15) is 0 Å². The summed E-state index contributed by atoms with van der Waals surface area (Å²) < 4.78 is 5.12. The van der Waals surface area contributed by atoms with Crippen LogP contribution in [0.1, 0.15) is 46.1 Å². The summed E-state index contributed by atoms with van der Waals surface area (Å²) in [7, 11) is 0. The van der Waals surface area contributed by atoms with Crippen molar-refractivity contribution in [3.8, 4) is 0 Å². The first-order chi connectivity index (χ1) is 11.3. The first kappa shape index (κ1) is 20.0. The zero-order valence-corrected chi connectivity index (χ0v) is 15.2. The molecule has 0 fully saturated rings. The number of hydrogen-bond donors (Lipinski definition) is 2. The number of hydrogen-bond acceptors (Lipinski definition) is 3. The molecule has 2 amide bonds. The van der Waals surface area contributed by atoms with Crippen molar-refractivity contribution < 1.29 is 14.3 Å². The van der Waals surface area contributed by atoms with Crippen molar-refractivity contribution in [2.45, 2.75) is 52.6 Å². The first-order valence-corrected chi connectivity index (χ1v) is 8.54. The van der Waals surface area contributed by atoms with Crippen molar-refractivity contribution in [1.82, 2.24) is 10.6 Å². The van der Waals surface area contributed by atoms with Gasteiger partial charge in [-0.25, -0.2) is 4.79 Å². The van der Waals surface area contributed by atoms with Crippen LogP contribution < -0.4 is 10.6 Å². The van der Waals surface area contributed by atoms with E-state index in [1.165, 1.54) is 5.56 Å². The number of amides is 2. The Morgan fingerprint density at radius 1 is 1.08 bits per heavy atom. The molecule has 0 radical (unpaired) electrons. The van der Waals surface area contributed by atoms with Gasteiger partial charge in [0, 0.05) is 19.5 Å². The Morgan fingerprint density at radius 2 is 1.71 bits per heavy atom.